The molecule has 2 N–H and O–H groups in total. The number of hydrogen-bond acceptors (Lipinski definition) is 4. The van der Waals surface area contributed by atoms with Gasteiger partial charge in [0.1, 0.15) is 6.61 Å². The number of rotatable bonds is 5. The van der Waals surface area contributed by atoms with E-state index in [1.807, 2.05) is 7.05 Å². The van der Waals surface area contributed by atoms with Crippen molar-refractivity contribution in [3.05, 3.63) is 24.3 Å². The Labute approximate surface area is 137 Å². The summed E-state index contributed by atoms with van der Waals surface area (Å²) >= 11 is 0. The van der Waals surface area contributed by atoms with Gasteiger partial charge in [0.05, 0.1) is 6.04 Å². The summed E-state index contributed by atoms with van der Waals surface area (Å²) in [7, 11) is 3.48. The fourth-order valence-electron chi connectivity index (χ4n) is 2.77. The van der Waals surface area contributed by atoms with Crippen LogP contribution in [0.1, 0.15) is 25.7 Å². The molecule has 0 bridgehead atoms. The molecular weight excluding hydrogens is 294 g/mol. The maximum absolute atomic E-state index is 12.4. The third kappa shape index (κ3) is 5.33. The number of likely N-dealkylation sites (N-methyl/N-ethyl adjacent to an activating group) is 1. The molecule has 2 rings (SSSR count). The molecule has 0 saturated carbocycles. The topological polar surface area (TPSA) is 70.7 Å². The van der Waals surface area contributed by atoms with Crippen LogP contribution in [0.15, 0.2) is 24.3 Å². The zero-order valence-electron chi connectivity index (χ0n) is 13.8. The van der Waals surface area contributed by atoms with E-state index in [-0.39, 0.29) is 24.5 Å². The zero-order chi connectivity index (χ0) is 16.7. The fourth-order valence-corrected chi connectivity index (χ4v) is 2.77. The highest BCUT2D eigenvalue weighted by Gasteiger charge is 2.24. The van der Waals surface area contributed by atoms with Crippen molar-refractivity contribution in [3.8, 4) is 0 Å². The first-order chi connectivity index (χ1) is 11.1. The van der Waals surface area contributed by atoms with E-state index in [9.17, 15) is 9.59 Å². The van der Waals surface area contributed by atoms with E-state index in [1.54, 1.807) is 24.3 Å². The Morgan fingerprint density at radius 3 is 2.43 bits per heavy atom. The lowest BCUT2D eigenvalue weighted by Gasteiger charge is -2.24. The second kappa shape index (κ2) is 8.64. The molecule has 0 radical (unpaired) electrons. The number of methoxy groups -OCH3 is 1. The first-order valence-electron chi connectivity index (χ1n) is 8.00. The van der Waals surface area contributed by atoms with Crippen molar-refractivity contribution in [2.24, 2.45) is 0 Å². The largest absolute Gasteiger partial charge is 0.375 e. The molecule has 1 aliphatic rings. The SMILES string of the molecule is COCC(=O)Nc1ccc(NC(=O)C2CCCCCN2C)cc1. The predicted molar refractivity (Wildman–Crippen MR) is 90.5 cm³/mol. The van der Waals surface area contributed by atoms with Gasteiger partial charge in [-0.05, 0) is 50.7 Å². The Balaban J connectivity index is 1.92. The molecular formula is C17H25N3O3. The zero-order valence-corrected chi connectivity index (χ0v) is 13.8. The third-order valence-electron chi connectivity index (χ3n) is 4.03. The van der Waals surface area contributed by atoms with Crippen molar-refractivity contribution < 1.29 is 14.3 Å². The average molecular weight is 319 g/mol. The number of carbonyl (C=O) groups excluding carboxylic acids is 2. The summed E-state index contributed by atoms with van der Waals surface area (Å²) < 4.78 is 4.77. The normalized spacial score (nSPS) is 19.0. The average Bonchev–Trinajstić information content (AvgIpc) is 2.74. The van der Waals surface area contributed by atoms with Gasteiger partial charge in [-0.2, -0.15) is 0 Å². The number of ether oxygens (including phenoxy) is 1. The van der Waals surface area contributed by atoms with Gasteiger partial charge in [-0.3, -0.25) is 14.5 Å². The minimum absolute atomic E-state index is 0.0203. The van der Waals surface area contributed by atoms with Crippen LogP contribution in [0, 0.1) is 0 Å². The Morgan fingerprint density at radius 1 is 1.13 bits per heavy atom. The molecule has 0 aromatic heterocycles. The maximum atomic E-state index is 12.4. The summed E-state index contributed by atoms with van der Waals surface area (Å²) in [5, 5.41) is 5.67. The van der Waals surface area contributed by atoms with Gasteiger partial charge in [-0.1, -0.05) is 12.8 Å². The number of benzene rings is 1. The molecule has 0 spiro atoms. The van der Waals surface area contributed by atoms with Crippen LogP contribution in [-0.4, -0.2) is 50.1 Å². The molecule has 1 fully saturated rings. The number of nitrogens with zero attached hydrogens (tertiary/aromatic N) is 1. The van der Waals surface area contributed by atoms with Gasteiger partial charge in [0.25, 0.3) is 0 Å². The van der Waals surface area contributed by atoms with E-state index in [1.165, 1.54) is 13.5 Å². The maximum Gasteiger partial charge on any atom is 0.250 e. The first kappa shape index (κ1) is 17.4. The number of likely N-dealkylation sites (tertiary alicyclic amines) is 1. The number of carbonyl (C=O) groups is 2. The molecule has 1 saturated heterocycles. The van der Waals surface area contributed by atoms with Gasteiger partial charge in [-0.25, -0.2) is 0 Å². The standard InChI is InChI=1S/C17H25N3O3/c1-20-11-5-3-4-6-15(20)17(22)19-14-9-7-13(8-10-14)18-16(21)12-23-2/h7-10,15H,3-6,11-12H2,1-2H3,(H,18,21)(H,19,22). The van der Waals surface area contributed by atoms with E-state index in [2.05, 4.69) is 15.5 Å². The van der Waals surface area contributed by atoms with Gasteiger partial charge in [-0.15, -0.1) is 0 Å². The van der Waals surface area contributed by atoms with Crippen molar-refractivity contribution in [1.29, 1.82) is 0 Å². The van der Waals surface area contributed by atoms with Crippen LogP contribution in [0.5, 0.6) is 0 Å². The molecule has 2 amide bonds. The Bertz CT molecular complexity index is 530. The quantitative estimate of drug-likeness (QED) is 0.872. The van der Waals surface area contributed by atoms with E-state index >= 15 is 0 Å². The molecule has 0 aliphatic carbocycles. The number of hydrogen-bond donors (Lipinski definition) is 2. The van der Waals surface area contributed by atoms with Gasteiger partial charge in [0.15, 0.2) is 0 Å². The minimum atomic E-state index is -0.204. The minimum Gasteiger partial charge on any atom is -0.375 e. The second-order valence-electron chi connectivity index (χ2n) is 5.89. The van der Waals surface area contributed by atoms with E-state index < -0.39 is 0 Å². The highest BCUT2D eigenvalue weighted by Crippen LogP contribution is 2.18. The highest BCUT2D eigenvalue weighted by atomic mass is 16.5. The van der Waals surface area contributed by atoms with Crippen LogP contribution in [0.4, 0.5) is 11.4 Å². The Kier molecular flexibility index (Phi) is 6.55. The van der Waals surface area contributed by atoms with Crippen LogP contribution in [-0.2, 0) is 14.3 Å². The summed E-state index contributed by atoms with van der Waals surface area (Å²) in [4.78, 5) is 26.0. The summed E-state index contributed by atoms with van der Waals surface area (Å²) in [6.07, 6.45) is 4.32. The highest BCUT2D eigenvalue weighted by molar-refractivity contribution is 5.95. The molecule has 1 aliphatic heterocycles. The van der Waals surface area contributed by atoms with Gasteiger partial charge < -0.3 is 15.4 Å². The van der Waals surface area contributed by atoms with E-state index in [0.717, 1.165) is 31.5 Å². The van der Waals surface area contributed by atoms with Gasteiger partial charge in [0, 0.05) is 18.5 Å². The molecule has 1 atom stereocenters. The Hall–Kier alpha value is -1.92. The van der Waals surface area contributed by atoms with Crippen molar-refractivity contribution in [2.45, 2.75) is 31.7 Å². The fraction of sp³-hybridized carbons (Fsp3) is 0.529. The summed E-state index contributed by atoms with van der Waals surface area (Å²) in [5.74, 6) is -0.171. The lowest BCUT2D eigenvalue weighted by atomic mass is 10.1. The third-order valence-corrected chi connectivity index (χ3v) is 4.03. The van der Waals surface area contributed by atoms with Crippen LogP contribution < -0.4 is 10.6 Å². The summed E-state index contributed by atoms with van der Waals surface area (Å²) in [5.41, 5.74) is 1.41. The molecule has 126 valence electrons. The molecule has 1 unspecified atom stereocenters. The Morgan fingerprint density at radius 2 is 1.78 bits per heavy atom. The van der Waals surface area contributed by atoms with Crippen LogP contribution >= 0.6 is 0 Å². The van der Waals surface area contributed by atoms with Crippen molar-refractivity contribution >= 4 is 23.2 Å². The lowest BCUT2D eigenvalue weighted by molar-refractivity contribution is -0.121. The first-order valence-corrected chi connectivity index (χ1v) is 8.00. The number of anilines is 2. The van der Waals surface area contributed by atoms with Crippen molar-refractivity contribution in [2.75, 3.05) is 37.9 Å². The summed E-state index contributed by atoms with van der Waals surface area (Å²) in [6.45, 7) is 0.981. The van der Waals surface area contributed by atoms with Crippen LogP contribution in [0.2, 0.25) is 0 Å². The van der Waals surface area contributed by atoms with Gasteiger partial charge in [0.2, 0.25) is 11.8 Å². The van der Waals surface area contributed by atoms with E-state index in [4.69, 9.17) is 4.74 Å². The molecule has 23 heavy (non-hydrogen) atoms. The predicted octanol–water partition coefficient (Wildman–Crippen LogP) is 2.08. The molecule has 1 aromatic carbocycles. The van der Waals surface area contributed by atoms with Crippen LogP contribution in [0.3, 0.4) is 0 Å². The smallest absolute Gasteiger partial charge is 0.250 e. The lowest BCUT2D eigenvalue weighted by Crippen LogP contribution is -2.41. The molecule has 1 heterocycles. The molecule has 6 heteroatoms. The second-order valence-corrected chi connectivity index (χ2v) is 5.89. The van der Waals surface area contributed by atoms with Crippen LogP contribution in [0.25, 0.3) is 0 Å². The molecule has 6 nitrogen and oxygen atoms in total. The number of nitrogens with one attached hydrogen (secondary N) is 2. The molecule has 1 aromatic rings. The number of amides is 2. The van der Waals surface area contributed by atoms with Crippen molar-refractivity contribution in [1.82, 2.24) is 4.90 Å². The monoisotopic (exact) mass is 319 g/mol. The van der Waals surface area contributed by atoms with Crippen molar-refractivity contribution in [3.63, 3.8) is 0 Å². The van der Waals surface area contributed by atoms with Gasteiger partial charge >= 0.3 is 0 Å². The van der Waals surface area contributed by atoms with E-state index in [0.29, 0.717) is 5.69 Å². The summed E-state index contributed by atoms with van der Waals surface area (Å²) in [6, 6.07) is 7.03.